The van der Waals surface area contributed by atoms with Crippen LogP contribution in [0.25, 0.3) is 0 Å². The van der Waals surface area contributed by atoms with Gasteiger partial charge in [0.15, 0.2) is 6.61 Å². The quantitative estimate of drug-likeness (QED) is 0.828. The Morgan fingerprint density at radius 3 is 2.52 bits per heavy atom. The van der Waals surface area contributed by atoms with Crippen molar-refractivity contribution in [1.29, 1.82) is 0 Å². The number of carbonyl (C=O) groups is 2. The van der Waals surface area contributed by atoms with Crippen LogP contribution in [0.2, 0.25) is 5.02 Å². The highest BCUT2D eigenvalue weighted by Gasteiger charge is 2.30. The number of hydrogen-bond acceptors (Lipinski definition) is 3. The van der Waals surface area contributed by atoms with Crippen molar-refractivity contribution >= 4 is 29.2 Å². The summed E-state index contributed by atoms with van der Waals surface area (Å²) in [5.41, 5.74) is -1.20. The average Bonchev–Trinajstić information content (AvgIpc) is 2.53. The van der Waals surface area contributed by atoms with Crippen LogP contribution in [-0.4, -0.2) is 23.6 Å². The highest BCUT2D eigenvalue weighted by Crippen LogP contribution is 2.30. The molecule has 0 spiro atoms. The van der Waals surface area contributed by atoms with Crippen molar-refractivity contribution in [1.82, 2.24) is 0 Å². The maximum atomic E-state index is 12.6. The van der Waals surface area contributed by atoms with E-state index in [4.69, 9.17) is 21.4 Å². The van der Waals surface area contributed by atoms with Crippen molar-refractivity contribution in [2.45, 2.75) is 6.18 Å². The molecule has 0 aliphatic carbocycles. The maximum absolute atomic E-state index is 12.6. The molecule has 0 aliphatic rings. The Kier molecular flexibility index (Phi) is 5.53. The zero-order valence-corrected chi connectivity index (χ0v) is 13.2. The van der Waals surface area contributed by atoms with Gasteiger partial charge in [-0.1, -0.05) is 17.7 Å². The zero-order chi connectivity index (χ0) is 18.6. The zero-order valence-electron chi connectivity index (χ0n) is 12.4. The lowest BCUT2D eigenvalue weighted by atomic mass is 10.2. The molecule has 9 heteroatoms. The molecular formula is C16H11ClF3NO4. The minimum absolute atomic E-state index is 0.0574. The van der Waals surface area contributed by atoms with Gasteiger partial charge in [-0.25, -0.2) is 4.79 Å². The molecule has 0 heterocycles. The number of rotatable bonds is 5. The van der Waals surface area contributed by atoms with E-state index in [1.54, 1.807) is 0 Å². The summed E-state index contributed by atoms with van der Waals surface area (Å²) < 4.78 is 43.0. The Labute approximate surface area is 145 Å². The molecule has 0 saturated heterocycles. The minimum Gasteiger partial charge on any atom is -0.483 e. The van der Waals surface area contributed by atoms with E-state index in [2.05, 4.69) is 5.32 Å². The average molecular weight is 374 g/mol. The van der Waals surface area contributed by atoms with Crippen LogP contribution in [0.3, 0.4) is 0 Å². The molecular weight excluding hydrogens is 363 g/mol. The van der Waals surface area contributed by atoms with Gasteiger partial charge in [0.2, 0.25) is 0 Å². The van der Waals surface area contributed by atoms with Crippen molar-refractivity contribution in [3.63, 3.8) is 0 Å². The summed E-state index contributed by atoms with van der Waals surface area (Å²) in [6.07, 6.45) is -4.53. The van der Waals surface area contributed by atoms with Crippen LogP contribution < -0.4 is 10.1 Å². The first kappa shape index (κ1) is 18.6. The third-order valence-corrected chi connectivity index (χ3v) is 3.24. The lowest BCUT2D eigenvalue weighted by molar-refractivity contribution is -0.137. The number of nitrogens with one attached hydrogen (secondary N) is 1. The van der Waals surface area contributed by atoms with Crippen LogP contribution in [0.5, 0.6) is 5.75 Å². The summed E-state index contributed by atoms with van der Waals surface area (Å²) >= 11 is 5.69. The summed E-state index contributed by atoms with van der Waals surface area (Å²) in [4.78, 5) is 22.9. The SMILES string of the molecule is O=C(COc1ccc(Cl)cc1C(=O)O)Nc1cccc(C(F)(F)F)c1. The van der Waals surface area contributed by atoms with E-state index in [0.717, 1.165) is 24.3 Å². The fourth-order valence-corrected chi connectivity index (χ4v) is 2.08. The van der Waals surface area contributed by atoms with Crippen molar-refractivity contribution < 1.29 is 32.6 Å². The molecule has 0 fully saturated rings. The smallest absolute Gasteiger partial charge is 0.416 e. The first-order valence-corrected chi connectivity index (χ1v) is 7.17. The van der Waals surface area contributed by atoms with Crippen molar-refractivity contribution in [3.8, 4) is 5.75 Å². The fraction of sp³-hybridized carbons (Fsp3) is 0.125. The third-order valence-electron chi connectivity index (χ3n) is 3.00. The highest BCUT2D eigenvalue weighted by molar-refractivity contribution is 6.31. The van der Waals surface area contributed by atoms with Crippen molar-refractivity contribution in [3.05, 3.63) is 58.6 Å². The summed E-state index contributed by atoms with van der Waals surface area (Å²) in [6.45, 7) is -0.585. The van der Waals surface area contributed by atoms with Gasteiger partial charge in [0.25, 0.3) is 5.91 Å². The topological polar surface area (TPSA) is 75.6 Å². The van der Waals surface area contributed by atoms with Gasteiger partial charge in [0.1, 0.15) is 11.3 Å². The van der Waals surface area contributed by atoms with Crippen LogP contribution in [0.1, 0.15) is 15.9 Å². The van der Waals surface area contributed by atoms with E-state index in [1.165, 1.54) is 18.2 Å². The molecule has 0 bridgehead atoms. The summed E-state index contributed by atoms with van der Waals surface area (Å²) in [5, 5.41) is 11.5. The first-order valence-electron chi connectivity index (χ1n) is 6.79. The standard InChI is InChI=1S/C16H11ClF3NO4/c17-10-4-5-13(12(7-10)15(23)24)25-8-14(22)21-11-3-1-2-9(6-11)16(18,19)20/h1-7H,8H2,(H,21,22)(H,23,24). The Morgan fingerprint density at radius 1 is 1.16 bits per heavy atom. The second-order valence-electron chi connectivity index (χ2n) is 4.86. The van der Waals surface area contributed by atoms with Crippen LogP contribution in [-0.2, 0) is 11.0 Å². The van der Waals surface area contributed by atoms with Crippen LogP contribution >= 0.6 is 11.6 Å². The second kappa shape index (κ2) is 7.43. The van der Waals surface area contributed by atoms with E-state index in [0.29, 0.717) is 0 Å². The van der Waals surface area contributed by atoms with E-state index in [-0.39, 0.29) is 22.0 Å². The Bertz CT molecular complexity index is 808. The Hall–Kier alpha value is -2.74. The van der Waals surface area contributed by atoms with E-state index in [1.807, 2.05) is 0 Å². The molecule has 0 radical (unpaired) electrons. The Balaban J connectivity index is 2.04. The van der Waals surface area contributed by atoms with Gasteiger partial charge >= 0.3 is 12.1 Å². The molecule has 0 saturated carbocycles. The molecule has 25 heavy (non-hydrogen) atoms. The molecule has 0 unspecified atom stereocenters. The second-order valence-corrected chi connectivity index (χ2v) is 5.30. The predicted octanol–water partition coefficient (Wildman–Crippen LogP) is 4.07. The number of hydrogen-bond donors (Lipinski definition) is 2. The van der Waals surface area contributed by atoms with E-state index >= 15 is 0 Å². The number of anilines is 1. The number of halogens is 4. The number of aromatic carboxylic acids is 1. The van der Waals surface area contributed by atoms with Gasteiger partial charge in [0, 0.05) is 10.7 Å². The molecule has 1 amide bonds. The van der Waals surface area contributed by atoms with Crippen LogP contribution in [0.15, 0.2) is 42.5 Å². The van der Waals surface area contributed by atoms with Crippen LogP contribution in [0.4, 0.5) is 18.9 Å². The molecule has 2 N–H and O–H groups in total. The molecule has 2 rings (SSSR count). The monoisotopic (exact) mass is 373 g/mol. The number of alkyl halides is 3. The van der Waals surface area contributed by atoms with E-state index in [9.17, 15) is 22.8 Å². The number of amides is 1. The van der Waals surface area contributed by atoms with Crippen molar-refractivity contribution in [2.24, 2.45) is 0 Å². The lowest BCUT2D eigenvalue weighted by Crippen LogP contribution is -2.21. The molecule has 0 aliphatic heterocycles. The number of carbonyl (C=O) groups excluding carboxylic acids is 1. The van der Waals surface area contributed by atoms with Crippen LogP contribution in [0, 0.1) is 0 Å². The molecule has 0 aromatic heterocycles. The summed E-state index contributed by atoms with van der Waals surface area (Å²) in [5.74, 6) is -2.13. The highest BCUT2D eigenvalue weighted by atomic mass is 35.5. The summed E-state index contributed by atoms with van der Waals surface area (Å²) in [6, 6.07) is 7.92. The number of benzene rings is 2. The van der Waals surface area contributed by atoms with Gasteiger partial charge in [0.05, 0.1) is 5.56 Å². The van der Waals surface area contributed by atoms with Crippen molar-refractivity contribution in [2.75, 3.05) is 11.9 Å². The number of carboxylic acids is 1. The molecule has 2 aromatic carbocycles. The fourth-order valence-electron chi connectivity index (χ4n) is 1.91. The molecule has 0 atom stereocenters. The number of ether oxygens (including phenoxy) is 1. The molecule has 5 nitrogen and oxygen atoms in total. The Morgan fingerprint density at radius 2 is 1.88 bits per heavy atom. The third kappa shape index (κ3) is 5.12. The van der Waals surface area contributed by atoms with Gasteiger partial charge in [-0.15, -0.1) is 0 Å². The molecule has 2 aromatic rings. The van der Waals surface area contributed by atoms with Gasteiger partial charge in [-0.3, -0.25) is 4.79 Å². The lowest BCUT2D eigenvalue weighted by Gasteiger charge is -2.11. The van der Waals surface area contributed by atoms with Gasteiger partial charge < -0.3 is 15.2 Å². The number of carboxylic acid groups (broad SMARTS) is 1. The predicted molar refractivity (Wildman–Crippen MR) is 84.0 cm³/mol. The van der Waals surface area contributed by atoms with Gasteiger partial charge in [-0.05, 0) is 36.4 Å². The van der Waals surface area contributed by atoms with E-state index < -0.39 is 30.2 Å². The molecule has 132 valence electrons. The first-order chi connectivity index (χ1) is 11.7. The minimum atomic E-state index is -4.53. The summed E-state index contributed by atoms with van der Waals surface area (Å²) in [7, 11) is 0. The largest absolute Gasteiger partial charge is 0.483 e. The van der Waals surface area contributed by atoms with Gasteiger partial charge in [-0.2, -0.15) is 13.2 Å². The maximum Gasteiger partial charge on any atom is 0.416 e. The normalized spacial score (nSPS) is 11.0.